The smallest absolute Gasteiger partial charge is 0.341 e. The van der Waals surface area contributed by atoms with Crippen molar-refractivity contribution >= 4 is 21.9 Å². The van der Waals surface area contributed by atoms with Gasteiger partial charge >= 0.3 is 5.97 Å². The van der Waals surface area contributed by atoms with Gasteiger partial charge in [0.25, 0.3) is 0 Å². The number of ether oxygens (including phenoxy) is 1. The molecule has 0 atom stereocenters. The molecule has 1 N–H and O–H groups in total. The first-order chi connectivity index (χ1) is 9.10. The number of halogens is 1. The maximum absolute atomic E-state index is 10.5. The highest BCUT2D eigenvalue weighted by Crippen LogP contribution is 2.20. The zero-order valence-electron chi connectivity index (χ0n) is 10.3. The van der Waals surface area contributed by atoms with E-state index in [0.29, 0.717) is 5.88 Å². The van der Waals surface area contributed by atoms with Gasteiger partial charge in [-0.3, -0.25) is 0 Å². The van der Waals surface area contributed by atoms with Crippen molar-refractivity contribution in [1.82, 2.24) is 9.78 Å². The Morgan fingerprint density at radius 1 is 1.47 bits per heavy atom. The van der Waals surface area contributed by atoms with Crippen LogP contribution in [0.3, 0.4) is 0 Å². The number of hydrogen-bond acceptors (Lipinski definition) is 3. The molecule has 1 aromatic carbocycles. The van der Waals surface area contributed by atoms with Gasteiger partial charge in [-0.1, -0.05) is 28.9 Å². The lowest BCUT2D eigenvalue weighted by molar-refractivity contribution is -0.139. The van der Waals surface area contributed by atoms with Gasteiger partial charge in [0, 0.05) is 16.2 Å². The standard InChI is InChI=1S/C13H13BrN2O3/c1-2-10-7-12(19-8-13(17)18)15-16(10)11-5-3-4-9(14)6-11/h3-7H,2,8H2,1H3,(H,17,18). The SMILES string of the molecule is CCc1cc(OCC(=O)O)nn1-c1cccc(Br)c1. The lowest BCUT2D eigenvalue weighted by atomic mass is 10.3. The molecule has 0 radical (unpaired) electrons. The minimum absolute atomic E-state index is 0.319. The average Bonchev–Trinajstić information content (AvgIpc) is 2.79. The second-order valence-electron chi connectivity index (χ2n) is 3.90. The van der Waals surface area contributed by atoms with E-state index in [2.05, 4.69) is 21.0 Å². The van der Waals surface area contributed by atoms with Crippen LogP contribution in [-0.4, -0.2) is 27.5 Å². The number of nitrogens with zero attached hydrogens (tertiary/aromatic N) is 2. The summed E-state index contributed by atoms with van der Waals surface area (Å²) in [6.07, 6.45) is 0.774. The second-order valence-corrected chi connectivity index (χ2v) is 4.82. The zero-order chi connectivity index (χ0) is 13.8. The fraction of sp³-hybridized carbons (Fsp3) is 0.231. The summed E-state index contributed by atoms with van der Waals surface area (Å²) in [5.74, 6) is -0.700. The third-order valence-corrected chi connectivity index (χ3v) is 3.01. The van der Waals surface area contributed by atoms with Gasteiger partial charge in [0.2, 0.25) is 5.88 Å². The van der Waals surface area contributed by atoms with E-state index in [1.54, 1.807) is 10.7 Å². The highest BCUT2D eigenvalue weighted by molar-refractivity contribution is 9.10. The summed E-state index contributed by atoms with van der Waals surface area (Å²) < 4.78 is 7.81. The van der Waals surface area contributed by atoms with Crippen molar-refractivity contribution in [3.63, 3.8) is 0 Å². The minimum atomic E-state index is -1.02. The molecule has 100 valence electrons. The first-order valence-electron chi connectivity index (χ1n) is 5.79. The third kappa shape index (κ3) is 3.35. The molecule has 0 spiro atoms. The first kappa shape index (κ1) is 13.6. The van der Waals surface area contributed by atoms with E-state index in [9.17, 15) is 4.79 Å². The maximum atomic E-state index is 10.5. The maximum Gasteiger partial charge on any atom is 0.341 e. The van der Waals surface area contributed by atoms with Gasteiger partial charge in [0.05, 0.1) is 5.69 Å². The van der Waals surface area contributed by atoms with Crippen LogP contribution in [0.15, 0.2) is 34.8 Å². The Morgan fingerprint density at radius 3 is 2.89 bits per heavy atom. The van der Waals surface area contributed by atoms with E-state index in [1.807, 2.05) is 31.2 Å². The van der Waals surface area contributed by atoms with Crippen LogP contribution in [-0.2, 0) is 11.2 Å². The van der Waals surface area contributed by atoms with Gasteiger partial charge in [-0.15, -0.1) is 5.10 Å². The van der Waals surface area contributed by atoms with Gasteiger partial charge in [-0.25, -0.2) is 9.48 Å². The quantitative estimate of drug-likeness (QED) is 0.918. The number of aliphatic carboxylic acids is 1. The molecule has 1 aromatic heterocycles. The third-order valence-electron chi connectivity index (χ3n) is 2.52. The van der Waals surface area contributed by atoms with E-state index in [4.69, 9.17) is 9.84 Å². The number of carbonyl (C=O) groups is 1. The monoisotopic (exact) mass is 324 g/mol. The summed E-state index contributed by atoms with van der Waals surface area (Å²) >= 11 is 3.41. The first-order valence-corrected chi connectivity index (χ1v) is 6.59. The molecule has 2 rings (SSSR count). The molecular weight excluding hydrogens is 312 g/mol. The van der Waals surface area contributed by atoms with Crippen LogP contribution in [0.5, 0.6) is 5.88 Å². The van der Waals surface area contributed by atoms with Crippen molar-refractivity contribution in [2.24, 2.45) is 0 Å². The number of hydrogen-bond donors (Lipinski definition) is 1. The molecule has 6 heteroatoms. The van der Waals surface area contributed by atoms with Crippen LogP contribution in [0.4, 0.5) is 0 Å². The largest absolute Gasteiger partial charge is 0.479 e. The molecule has 0 unspecified atom stereocenters. The van der Waals surface area contributed by atoms with Crippen molar-refractivity contribution in [1.29, 1.82) is 0 Å². The molecule has 0 aliphatic carbocycles. The Balaban J connectivity index is 2.31. The van der Waals surface area contributed by atoms with Crippen molar-refractivity contribution in [2.45, 2.75) is 13.3 Å². The van der Waals surface area contributed by atoms with Gasteiger partial charge in [0.1, 0.15) is 0 Å². The van der Waals surface area contributed by atoms with Gasteiger partial charge in [0.15, 0.2) is 6.61 Å². The summed E-state index contributed by atoms with van der Waals surface area (Å²) in [7, 11) is 0. The van der Waals surface area contributed by atoms with E-state index in [0.717, 1.165) is 22.3 Å². The zero-order valence-corrected chi connectivity index (χ0v) is 11.9. The molecule has 0 bridgehead atoms. The number of carboxylic acids is 1. The van der Waals surface area contributed by atoms with Crippen LogP contribution < -0.4 is 4.74 Å². The number of rotatable bonds is 5. The summed E-state index contributed by atoms with van der Waals surface area (Å²) in [4.78, 5) is 10.5. The lowest BCUT2D eigenvalue weighted by Gasteiger charge is -2.05. The molecule has 0 saturated carbocycles. The van der Waals surface area contributed by atoms with Gasteiger partial charge in [-0.2, -0.15) is 0 Å². The topological polar surface area (TPSA) is 64.3 Å². The van der Waals surface area contributed by atoms with E-state index in [1.165, 1.54) is 0 Å². The van der Waals surface area contributed by atoms with Gasteiger partial charge in [-0.05, 0) is 24.6 Å². The Kier molecular flexibility index (Phi) is 4.21. The van der Waals surface area contributed by atoms with Crippen LogP contribution >= 0.6 is 15.9 Å². The summed E-state index contributed by atoms with van der Waals surface area (Å²) in [5, 5.41) is 12.9. The van der Waals surface area contributed by atoms with Crippen molar-refractivity contribution < 1.29 is 14.6 Å². The molecule has 0 saturated heterocycles. The lowest BCUT2D eigenvalue weighted by Crippen LogP contribution is -2.10. The Bertz CT molecular complexity index is 595. The molecule has 0 fully saturated rings. The van der Waals surface area contributed by atoms with E-state index >= 15 is 0 Å². The van der Waals surface area contributed by atoms with Crippen LogP contribution in [0.2, 0.25) is 0 Å². The fourth-order valence-electron chi connectivity index (χ4n) is 1.68. The average molecular weight is 325 g/mol. The van der Waals surface area contributed by atoms with Crippen LogP contribution in [0.25, 0.3) is 5.69 Å². The predicted octanol–water partition coefficient (Wildman–Crippen LogP) is 2.66. The molecule has 2 aromatic rings. The van der Waals surface area contributed by atoms with Crippen molar-refractivity contribution in [3.05, 3.63) is 40.5 Å². The molecule has 0 amide bonds. The minimum Gasteiger partial charge on any atom is -0.479 e. The normalized spacial score (nSPS) is 10.4. The number of benzene rings is 1. The highest BCUT2D eigenvalue weighted by atomic mass is 79.9. The summed E-state index contributed by atoms with van der Waals surface area (Å²) in [6.45, 7) is 1.62. The van der Waals surface area contributed by atoms with E-state index < -0.39 is 12.6 Å². The second kappa shape index (κ2) is 5.88. The fourth-order valence-corrected chi connectivity index (χ4v) is 2.07. The number of aromatic nitrogens is 2. The predicted molar refractivity (Wildman–Crippen MR) is 73.8 cm³/mol. The Labute approximate surface area is 118 Å². The molecule has 0 aliphatic heterocycles. The van der Waals surface area contributed by atoms with Crippen molar-refractivity contribution in [2.75, 3.05) is 6.61 Å². The van der Waals surface area contributed by atoms with Crippen molar-refractivity contribution in [3.8, 4) is 11.6 Å². The summed E-state index contributed by atoms with van der Waals surface area (Å²) in [6, 6.07) is 9.47. The molecule has 1 heterocycles. The van der Waals surface area contributed by atoms with Crippen LogP contribution in [0.1, 0.15) is 12.6 Å². The van der Waals surface area contributed by atoms with Crippen LogP contribution in [0, 0.1) is 0 Å². The van der Waals surface area contributed by atoms with E-state index in [-0.39, 0.29) is 0 Å². The number of carboxylic acid groups (broad SMARTS) is 1. The Morgan fingerprint density at radius 2 is 2.26 bits per heavy atom. The molecule has 19 heavy (non-hydrogen) atoms. The molecule has 0 aliphatic rings. The summed E-state index contributed by atoms with van der Waals surface area (Å²) in [5.41, 5.74) is 1.86. The number of aryl methyl sites for hydroxylation is 1. The Hall–Kier alpha value is -1.82. The molecule has 5 nitrogen and oxygen atoms in total. The van der Waals surface area contributed by atoms with Gasteiger partial charge < -0.3 is 9.84 Å². The molecular formula is C13H13BrN2O3. The highest BCUT2D eigenvalue weighted by Gasteiger charge is 2.10.